The second kappa shape index (κ2) is 5.12. The molecular weight excluding hydrogens is 299 g/mol. The van der Waals surface area contributed by atoms with Crippen molar-refractivity contribution >= 4 is 14.7 Å². The number of rotatable bonds is 2. The Bertz CT molecular complexity index is 622. The molecule has 0 unspecified atom stereocenters. The molecule has 0 aliphatic carbocycles. The SMILES string of the molecule is Cc1ccc(-c2nn[se]c2-c2ccc(C)cc2)cc1. The van der Waals surface area contributed by atoms with Gasteiger partial charge in [0.25, 0.3) is 0 Å². The van der Waals surface area contributed by atoms with Gasteiger partial charge in [0, 0.05) is 0 Å². The first-order valence-corrected chi connectivity index (χ1v) is 7.83. The van der Waals surface area contributed by atoms with Crippen LogP contribution in [0.5, 0.6) is 0 Å². The van der Waals surface area contributed by atoms with Gasteiger partial charge in [-0.25, -0.2) is 0 Å². The van der Waals surface area contributed by atoms with Crippen LogP contribution in [0.4, 0.5) is 0 Å². The molecule has 0 spiro atoms. The summed E-state index contributed by atoms with van der Waals surface area (Å²) in [6.07, 6.45) is 0. The van der Waals surface area contributed by atoms with Crippen LogP contribution in [0.15, 0.2) is 48.5 Å². The second-order valence-electron chi connectivity index (χ2n) is 4.68. The van der Waals surface area contributed by atoms with Gasteiger partial charge in [0.05, 0.1) is 0 Å². The summed E-state index contributed by atoms with van der Waals surface area (Å²) in [5.74, 6) is 0. The fourth-order valence-corrected chi connectivity index (χ4v) is 3.43. The van der Waals surface area contributed by atoms with E-state index in [1.54, 1.807) is 0 Å². The van der Waals surface area contributed by atoms with Crippen LogP contribution in [0, 0.1) is 13.8 Å². The Kier molecular flexibility index (Phi) is 3.32. The van der Waals surface area contributed by atoms with Gasteiger partial charge >= 0.3 is 119 Å². The minimum atomic E-state index is 0.0927. The molecule has 3 rings (SSSR count). The molecule has 0 N–H and O–H groups in total. The molecule has 0 saturated carbocycles. The van der Waals surface area contributed by atoms with E-state index in [0.717, 1.165) is 11.3 Å². The number of hydrogen-bond acceptors (Lipinski definition) is 2. The van der Waals surface area contributed by atoms with Gasteiger partial charge in [0.2, 0.25) is 0 Å². The monoisotopic (exact) mass is 314 g/mol. The van der Waals surface area contributed by atoms with E-state index >= 15 is 0 Å². The van der Waals surface area contributed by atoms with Gasteiger partial charge < -0.3 is 0 Å². The second-order valence-corrected chi connectivity index (χ2v) is 6.26. The molecule has 0 bridgehead atoms. The summed E-state index contributed by atoms with van der Waals surface area (Å²) in [5, 5.41) is 4.35. The molecule has 0 saturated heterocycles. The Morgan fingerprint density at radius 1 is 0.737 bits per heavy atom. The summed E-state index contributed by atoms with van der Waals surface area (Å²) in [4.78, 5) is 0. The Labute approximate surface area is 119 Å². The van der Waals surface area contributed by atoms with Crippen LogP contribution in [0.25, 0.3) is 21.3 Å². The topological polar surface area (TPSA) is 25.8 Å². The third-order valence-corrected chi connectivity index (χ3v) is 4.75. The van der Waals surface area contributed by atoms with Gasteiger partial charge in [-0.1, -0.05) is 0 Å². The average molecular weight is 313 g/mol. The van der Waals surface area contributed by atoms with Crippen molar-refractivity contribution in [2.45, 2.75) is 13.8 Å². The predicted octanol–water partition coefficient (Wildman–Crippen LogP) is 3.48. The van der Waals surface area contributed by atoms with Crippen molar-refractivity contribution in [3.8, 4) is 21.3 Å². The van der Waals surface area contributed by atoms with E-state index in [-0.39, 0.29) is 14.7 Å². The van der Waals surface area contributed by atoms with Gasteiger partial charge in [-0.3, -0.25) is 0 Å². The van der Waals surface area contributed by atoms with Crippen LogP contribution >= 0.6 is 0 Å². The summed E-state index contributed by atoms with van der Waals surface area (Å²) >= 11 is 0.0927. The van der Waals surface area contributed by atoms with Gasteiger partial charge in [-0.2, -0.15) is 0 Å². The van der Waals surface area contributed by atoms with Gasteiger partial charge in [0.1, 0.15) is 0 Å². The van der Waals surface area contributed by atoms with Crippen LogP contribution in [-0.2, 0) is 0 Å². The third kappa shape index (κ3) is 2.53. The molecular formula is C16H14N2Se. The van der Waals surface area contributed by atoms with Crippen molar-refractivity contribution < 1.29 is 0 Å². The Balaban J connectivity index is 2.07. The van der Waals surface area contributed by atoms with Crippen LogP contribution in [0.1, 0.15) is 11.1 Å². The quantitative estimate of drug-likeness (QED) is 0.677. The molecule has 94 valence electrons. The van der Waals surface area contributed by atoms with Crippen molar-refractivity contribution in [1.29, 1.82) is 0 Å². The molecule has 1 aromatic heterocycles. The van der Waals surface area contributed by atoms with Crippen molar-refractivity contribution in [2.75, 3.05) is 0 Å². The molecule has 0 atom stereocenters. The maximum atomic E-state index is 4.35. The van der Waals surface area contributed by atoms with Gasteiger partial charge in [-0.15, -0.1) is 0 Å². The van der Waals surface area contributed by atoms with E-state index in [0.29, 0.717) is 0 Å². The predicted molar refractivity (Wildman–Crippen MR) is 79.3 cm³/mol. The van der Waals surface area contributed by atoms with Crippen molar-refractivity contribution in [3.63, 3.8) is 0 Å². The van der Waals surface area contributed by atoms with Crippen LogP contribution < -0.4 is 0 Å². The van der Waals surface area contributed by atoms with E-state index in [9.17, 15) is 0 Å². The van der Waals surface area contributed by atoms with Crippen LogP contribution in [-0.4, -0.2) is 23.9 Å². The van der Waals surface area contributed by atoms with Crippen molar-refractivity contribution in [2.24, 2.45) is 0 Å². The zero-order valence-corrected chi connectivity index (χ0v) is 12.6. The first kappa shape index (κ1) is 12.3. The van der Waals surface area contributed by atoms with Gasteiger partial charge in [0.15, 0.2) is 0 Å². The fraction of sp³-hybridized carbons (Fsp3) is 0.125. The third-order valence-electron chi connectivity index (χ3n) is 3.13. The zero-order valence-electron chi connectivity index (χ0n) is 10.9. The molecule has 19 heavy (non-hydrogen) atoms. The van der Waals surface area contributed by atoms with E-state index < -0.39 is 0 Å². The summed E-state index contributed by atoms with van der Waals surface area (Å²) in [6, 6.07) is 17.1. The molecule has 3 heteroatoms. The fourth-order valence-electron chi connectivity index (χ4n) is 1.99. The van der Waals surface area contributed by atoms with Crippen molar-refractivity contribution in [3.05, 3.63) is 59.7 Å². The van der Waals surface area contributed by atoms with E-state index in [2.05, 4.69) is 71.6 Å². The first-order chi connectivity index (χ1) is 9.24. The van der Waals surface area contributed by atoms with Crippen LogP contribution in [0.3, 0.4) is 0 Å². The van der Waals surface area contributed by atoms with Crippen LogP contribution in [0.2, 0.25) is 0 Å². The molecule has 2 nitrogen and oxygen atoms in total. The Morgan fingerprint density at radius 2 is 1.26 bits per heavy atom. The Hall–Kier alpha value is -1.70. The zero-order chi connectivity index (χ0) is 13.2. The standard InChI is InChI=1S/C16H14N2Se/c1-11-3-7-13(8-4-11)15-16(19-18-17-15)14-9-5-12(2)6-10-14/h3-10H,1-2H3. The number of hydrogen-bond donors (Lipinski definition) is 0. The first-order valence-electron chi connectivity index (χ1n) is 6.20. The van der Waals surface area contributed by atoms with E-state index in [4.69, 9.17) is 0 Å². The number of benzene rings is 2. The van der Waals surface area contributed by atoms with E-state index in [1.807, 2.05) is 0 Å². The Morgan fingerprint density at radius 3 is 1.84 bits per heavy atom. The van der Waals surface area contributed by atoms with Crippen molar-refractivity contribution in [1.82, 2.24) is 9.19 Å². The summed E-state index contributed by atoms with van der Waals surface area (Å²) in [7, 11) is 0. The molecule has 0 aliphatic rings. The molecule has 0 radical (unpaired) electrons. The number of aromatic nitrogens is 2. The van der Waals surface area contributed by atoms with Gasteiger partial charge in [-0.05, 0) is 0 Å². The normalized spacial score (nSPS) is 10.6. The molecule has 1 heterocycles. The van der Waals surface area contributed by atoms with E-state index in [1.165, 1.54) is 21.1 Å². The number of nitrogens with zero attached hydrogens (tertiary/aromatic N) is 2. The summed E-state index contributed by atoms with van der Waals surface area (Å²) in [5.41, 5.74) is 5.97. The maximum absolute atomic E-state index is 4.35. The molecule has 0 amide bonds. The average Bonchev–Trinajstić information content (AvgIpc) is 2.90. The molecule has 0 aliphatic heterocycles. The molecule has 0 fully saturated rings. The minimum absolute atomic E-state index is 0.0927. The number of aryl methyl sites for hydroxylation is 2. The summed E-state index contributed by atoms with van der Waals surface area (Å²) in [6.45, 7) is 4.20. The summed E-state index contributed by atoms with van der Waals surface area (Å²) < 4.78 is 5.53. The molecule has 3 aromatic rings. The molecule has 2 aromatic carbocycles.